The third-order valence-electron chi connectivity index (χ3n) is 4.45. The number of alkyl halides is 2. The van der Waals surface area contributed by atoms with Crippen LogP contribution in [0.25, 0.3) is 10.9 Å². The topological polar surface area (TPSA) is 49.8 Å². The van der Waals surface area contributed by atoms with Gasteiger partial charge in [0.25, 0.3) is 6.43 Å². The lowest BCUT2D eigenvalue weighted by atomic mass is 10.0. The molecule has 0 aliphatic rings. The van der Waals surface area contributed by atoms with Crippen LogP contribution in [0, 0.1) is 12.7 Å². The van der Waals surface area contributed by atoms with Gasteiger partial charge in [0.05, 0.1) is 22.8 Å². The van der Waals surface area contributed by atoms with E-state index in [9.17, 15) is 13.2 Å². The third kappa shape index (κ3) is 4.63. The molecule has 0 saturated heterocycles. The first-order chi connectivity index (χ1) is 13.7. The van der Waals surface area contributed by atoms with Crippen LogP contribution in [0.2, 0.25) is 0 Å². The number of fused-ring (bicyclic) bond motifs is 1. The van der Waals surface area contributed by atoms with Gasteiger partial charge in [0.15, 0.2) is 0 Å². The van der Waals surface area contributed by atoms with Gasteiger partial charge in [-0.25, -0.2) is 23.1 Å². The molecule has 1 unspecified atom stereocenters. The molecule has 0 amide bonds. The number of nitrogens with zero attached hydrogens (tertiary/aromatic N) is 2. The molecule has 0 bridgehead atoms. The van der Waals surface area contributed by atoms with Crippen molar-refractivity contribution in [2.75, 3.05) is 10.6 Å². The molecule has 2 N–H and O–H groups in total. The second-order valence-corrected chi connectivity index (χ2v) is 8.04. The molecule has 154 valence electrons. The first-order valence-electron chi connectivity index (χ1n) is 9.24. The van der Waals surface area contributed by atoms with Gasteiger partial charge in [0, 0.05) is 21.5 Å². The number of hydrogen-bond donors (Lipinski definition) is 2. The zero-order valence-electron chi connectivity index (χ0n) is 16.5. The fourth-order valence-corrected chi connectivity index (χ4v) is 3.61. The van der Waals surface area contributed by atoms with Crippen molar-refractivity contribution in [3.8, 4) is 0 Å². The van der Waals surface area contributed by atoms with Crippen molar-refractivity contribution in [2.24, 2.45) is 0 Å². The largest absolute Gasteiger partial charge is 0.382 e. The monoisotopic (exact) mass is 466 g/mol. The molecule has 29 heavy (non-hydrogen) atoms. The number of aromatic nitrogens is 2. The Balaban J connectivity index is 2.02. The van der Waals surface area contributed by atoms with Gasteiger partial charge in [-0.2, -0.15) is 0 Å². The van der Waals surface area contributed by atoms with Crippen LogP contribution in [0.1, 0.15) is 50.2 Å². The molecule has 0 saturated carbocycles. The summed E-state index contributed by atoms with van der Waals surface area (Å²) in [7, 11) is 0. The van der Waals surface area contributed by atoms with Crippen LogP contribution >= 0.6 is 15.9 Å². The summed E-state index contributed by atoms with van der Waals surface area (Å²) in [6.07, 6.45) is -2.87. The molecule has 1 heterocycles. The predicted octanol–water partition coefficient (Wildman–Crippen LogP) is 6.77. The maximum atomic E-state index is 14.5. The lowest BCUT2D eigenvalue weighted by Gasteiger charge is -2.19. The fraction of sp³-hybridized carbons (Fsp3) is 0.333. The van der Waals surface area contributed by atoms with E-state index in [-0.39, 0.29) is 11.6 Å². The highest BCUT2D eigenvalue weighted by molar-refractivity contribution is 9.10. The van der Waals surface area contributed by atoms with Crippen LogP contribution in [0.5, 0.6) is 0 Å². The highest BCUT2D eigenvalue weighted by Gasteiger charge is 2.20. The van der Waals surface area contributed by atoms with E-state index in [0.29, 0.717) is 11.6 Å². The number of hydrogen-bond acceptors (Lipinski definition) is 4. The Morgan fingerprint density at radius 3 is 2.34 bits per heavy atom. The minimum Gasteiger partial charge on any atom is -0.382 e. The molecule has 0 fully saturated rings. The molecule has 3 aromatic rings. The summed E-state index contributed by atoms with van der Waals surface area (Å²) >= 11 is 3.56. The summed E-state index contributed by atoms with van der Waals surface area (Å²) in [4.78, 5) is 8.95. The molecule has 8 heteroatoms. The summed E-state index contributed by atoms with van der Waals surface area (Å²) < 4.78 is 41.5. The SMILES string of the molecule is Cc1nc(NC(C)c2cccc(C(F)F)c2F)c2cc(Br)c(NC(C)C)cc2n1. The molecule has 0 aliphatic heterocycles. The Bertz CT molecular complexity index is 1040. The van der Waals surface area contributed by atoms with E-state index in [1.807, 2.05) is 26.0 Å². The number of rotatable bonds is 6. The predicted molar refractivity (Wildman–Crippen MR) is 114 cm³/mol. The van der Waals surface area contributed by atoms with Crippen molar-refractivity contribution in [1.82, 2.24) is 9.97 Å². The molecule has 0 spiro atoms. The van der Waals surface area contributed by atoms with E-state index in [2.05, 4.69) is 36.5 Å². The summed E-state index contributed by atoms with van der Waals surface area (Å²) in [5, 5.41) is 7.25. The van der Waals surface area contributed by atoms with Gasteiger partial charge in [-0.05, 0) is 55.8 Å². The fourth-order valence-electron chi connectivity index (χ4n) is 3.15. The molecule has 1 aromatic heterocycles. The Labute approximate surface area is 176 Å². The van der Waals surface area contributed by atoms with E-state index in [0.717, 1.165) is 27.1 Å². The summed E-state index contributed by atoms with van der Waals surface area (Å²) in [6.45, 7) is 7.56. The van der Waals surface area contributed by atoms with Gasteiger partial charge < -0.3 is 10.6 Å². The van der Waals surface area contributed by atoms with Crippen molar-refractivity contribution in [3.05, 3.63) is 57.6 Å². The molecule has 0 aliphatic carbocycles. The second kappa shape index (κ2) is 8.57. The molecule has 0 radical (unpaired) electrons. The van der Waals surface area contributed by atoms with E-state index in [4.69, 9.17) is 0 Å². The van der Waals surface area contributed by atoms with Crippen molar-refractivity contribution >= 4 is 38.3 Å². The molecule has 1 atom stereocenters. The minimum atomic E-state index is -2.87. The maximum Gasteiger partial charge on any atom is 0.266 e. The van der Waals surface area contributed by atoms with Crippen molar-refractivity contribution in [1.29, 1.82) is 0 Å². The first kappa shape index (κ1) is 21.4. The van der Waals surface area contributed by atoms with Crippen molar-refractivity contribution in [2.45, 2.75) is 46.2 Å². The van der Waals surface area contributed by atoms with Gasteiger partial charge >= 0.3 is 0 Å². The molecular weight excluding hydrogens is 445 g/mol. The van der Waals surface area contributed by atoms with Crippen LogP contribution in [0.15, 0.2) is 34.8 Å². The first-order valence-corrected chi connectivity index (χ1v) is 10.0. The summed E-state index contributed by atoms with van der Waals surface area (Å²) in [5.41, 5.74) is 1.18. The Hall–Kier alpha value is -2.35. The molecule has 2 aromatic carbocycles. The lowest BCUT2D eigenvalue weighted by Crippen LogP contribution is -2.13. The smallest absolute Gasteiger partial charge is 0.266 e. The quantitative estimate of drug-likeness (QED) is 0.420. The Kier molecular flexibility index (Phi) is 6.31. The molecular formula is C21H22BrF3N4. The zero-order chi connectivity index (χ0) is 21.3. The number of benzene rings is 2. The van der Waals surface area contributed by atoms with Crippen LogP contribution in [0.3, 0.4) is 0 Å². The van der Waals surface area contributed by atoms with Crippen LogP contribution < -0.4 is 10.6 Å². The molecule has 4 nitrogen and oxygen atoms in total. The zero-order valence-corrected chi connectivity index (χ0v) is 18.1. The average molecular weight is 467 g/mol. The number of aryl methyl sites for hydroxylation is 1. The van der Waals surface area contributed by atoms with E-state index < -0.39 is 23.8 Å². The van der Waals surface area contributed by atoms with Gasteiger partial charge in [-0.15, -0.1) is 0 Å². The highest BCUT2D eigenvalue weighted by Crippen LogP contribution is 2.34. The van der Waals surface area contributed by atoms with Gasteiger partial charge in [-0.1, -0.05) is 18.2 Å². The van der Waals surface area contributed by atoms with Crippen molar-refractivity contribution in [3.63, 3.8) is 0 Å². The Morgan fingerprint density at radius 1 is 1.00 bits per heavy atom. The number of nitrogens with one attached hydrogen (secondary N) is 2. The van der Waals surface area contributed by atoms with Crippen molar-refractivity contribution < 1.29 is 13.2 Å². The van der Waals surface area contributed by atoms with E-state index in [1.165, 1.54) is 12.1 Å². The maximum absolute atomic E-state index is 14.5. The van der Waals surface area contributed by atoms with Crippen LogP contribution in [-0.2, 0) is 0 Å². The normalized spacial score (nSPS) is 12.6. The van der Waals surface area contributed by atoms with Gasteiger partial charge in [0.1, 0.15) is 17.5 Å². The lowest BCUT2D eigenvalue weighted by molar-refractivity contribution is 0.146. The average Bonchev–Trinajstić information content (AvgIpc) is 2.62. The third-order valence-corrected chi connectivity index (χ3v) is 5.11. The van der Waals surface area contributed by atoms with Crippen LogP contribution in [-0.4, -0.2) is 16.0 Å². The number of anilines is 2. The second-order valence-electron chi connectivity index (χ2n) is 7.18. The summed E-state index contributed by atoms with van der Waals surface area (Å²) in [6, 6.07) is 7.51. The van der Waals surface area contributed by atoms with Gasteiger partial charge in [0.2, 0.25) is 0 Å². The minimum absolute atomic E-state index is 0.157. The molecule has 3 rings (SSSR count). The van der Waals surface area contributed by atoms with E-state index >= 15 is 0 Å². The van der Waals surface area contributed by atoms with Crippen LogP contribution in [0.4, 0.5) is 24.7 Å². The standard InChI is InChI=1S/C21H22BrF3N4/c1-10(2)26-18-9-17-15(8-16(18)22)21(29-12(4)28-17)27-11(3)13-6-5-7-14(19(13)23)20(24)25/h5-11,20,26H,1-4H3,(H,27,28,29). The number of halogens is 4. The summed E-state index contributed by atoms with van der Waals surface area (Å²) in [5.74, 6) is 0.160. The highest BCUT2D eigenvalue weighted by atomic mass is 79.9. The van der Waals surface area contributed by atoms with Gasteiger partial charge in [-0.3, -0.25) is 0 Å². The Morgan fingerprint density at radius 2 is 1.69 bits per heavy atom. The van der Waals surface area contributed by atoms with E-state index in [1.54, 1.807) is 13.8 Å².